The Morgan fingerprint density at radius 2 is 1.90 bits per heavy atom. The lowest BCUT2D eigenvalue weighted by Crippen LogP contribution is -2.12. The summed E-state index contributed by atoms with van der Waals surface area (Å²) in [6.07, 6.45) is 0.361. The standard InChI is InChI=1S/C15H12ClFN2O/c16-11-6-9(1-3-12(11)17)15(18)8-2-4-13-10(5-8)7-14(20)19-13/h1-6,15H,7,18H2,(H,19,20). The van der Waals surface area contributed by atoms with Crippen molar-refractivity contribution in [2.75, 3.05) is 5.32 Å². The highest BCUT2D eigenvalue weighted by Gasteiger charge is 2.19. The average molecular weight is 291 g/mol. The number of carbonyl (C=O) groups is 1. The summed E-state index contributed by atoms with van der Waals surface area (Å²) in [6.45, 7) is 0. The van der Waals surface area contributed by atoms with Crippen molar-refractivity contribution < 1.29 is 9.18 Å². The Bertz CT molecular complexity index is 702. The number of hydrogen-bond donors (Lipinski definition) is 2. The van der Waals surface area contributed by atoms with Crippen LogP contribution >= 0.6 is 11.6 Å². The molecule has 5 heteroatoms. The second-order valence-corrected chi connectivity index (χ2v) is 5.20. The van der Waals surface area contributed by atoms with E-state index < -0.39 is 11.9 Å². The zero-order chi connectivity index (χ0) is 14.3. The molecule has 3 nitrogen and oxygen atoms in total. The molecule has 0 aromatic heterocycles. The Balaban J connectivity index is 1.94. The van der Waals surface area contributed by atoms with Crippen LogP contribution in [0.1, 0.15) is 22.7 Å². The summed E-state index contributed by atoms with van der Waals surface area (Å²) < 4.78 is 13.2. The van der Waals surface area contributed by atoms with Gasteiger partial charge in [-0.25, -0.2) is 4.39 Å². The molecule has 2 aromatic carbocycles. The molecule has 102 valence electrons. The fourth-order valence-electron chi connectivity index (χ4n) is 2.34. The van der Waals surface area contributed by atoms with E-state index >= 15 is 0 Å². The largest absolute Gasteiger partial charge is 0.326 e. The summed E-state index contributed by atoms with van der Waals surface area (Å²) in [6, 6.07) is 9.62. The number of fused-ring (bicyclic) bond motifs is 1. The normalized spacial score (nSPS) is 14.8. The van der Waals surface area contributed by atoms with Crippen LogP contribution in [0.15, 0.2) is 36.4 Å². The number of amides is 1. The SMILES string of the molecule is NC(c1ccc(F)c(Cl)c1)c1ccc2c(c1)CC(=O)N2. The van der Waals surface area contributed by atoms with Gasteiger partial charge in [-0.3, -0.25) is 4.79 Å². The van der Waals surface area contributed by atoms with Gasteiger partial charge >= 0.3 is 0 Å². The number of hydrogen-bond acceptors (Lipinski definition) is 2. The van der Waals surface area contributed by atoms with Crippen LogP contribution in [0.3, 0.4) is 0 Å². The highest BCUT2D eigenvalue weighted by molar-refractivity contribution is 6.30. The number of nitrogens with two attached hydrogens (primary N) is 1. The summed E-state index contributed by atoms with van der Waals surface area (Å²) >= 11 is 5.77. The second-order valence-electron chi connectivity index (χ2n) is 4.79. The van der Waals surface area contributed by atoms with Crippen molar-refractivity contribution in [1.29, 1.82) is 0 Å². The molecular formula is C15H12ClFN2O. The van der Waals surface area contributed by atoms with Crippen LogP contribution in [-0.4, -0.2) is 5.91 Å². The highest BCUT2D eigenvalue weighted by Crippen LogP contribution is 2.29. The molecule has 1 amide bonds. The van der Waals surface area contributed by atoms with E-state index in [2.05, 4.69) is 5.32 Å². The van der Waals surface area contributed by atoms with E-state index in [-0.39, 0.29) is 10.9 Å². The maximum Gasteiger partial charge on any atom is 0.228 e. The third kappa shape index (κ3) is 2.28. The number of nitrogens with one attached hydrogen (secondary N) is 1. The zero-order valence-electron chi connectivity index (χ0n) is 10.5. The topological polar surface area (TPSA) is 55.1 Å². The van der Waals surface area contributed by atoms with Crippen LogP contribution in [0.2, 0.25) is 5.02 Å². The van der Waals surface area contributed by atoms with E-state index in [1.54, 1.807) is 6.07 Å². The van der Waals surface area contributed by atoms with Crippen LogP contribution in [0, 0.1) is 5.82 Å². The van der Waals surface area contributed by atoms with Gasteiger partial charge in [0, 0.05) is 5.69 Å². The molecule has 1 atom stereocenters. The third-order valence-corrected chi connectivity index (χ3v) is 3.71. The first kappa shape index (κ1) is 13.1. The molecule has 0 saturated heterocycles. The first-order chi connectivity index (χ1) is 9.54. The van der Waals surface area contributed by atoms with Crippen LogP contribution in [0.4, 0.5) is 10.1 Å². The lowest BCUT2D eigenvalue weighted by Gasteiger charge is -2.14. The van der Waals surface area contributed by atoms with Gasteiger partial charge in [-0.2, -0.15) is 0 Å². The van der Waals surface area contributed by atoms with Gasteiger partial charge < -0.3 is 11.1 Å². The minimum Gasteiger partial charge on any atom is -0.326 e. The molecule has 1 aliphatic rings. The number of benzene rings is 2. The minimum absolute atomic E-state index is 0.0180. The first-order valence-corrected chi connectivity index (χ1v) is 6.55. The van der Waals surface area contributed by atoms with Gasteiger partial charge in [0.25, 0.3) is 0 Å². The van der Waals surface area contributed by atoms with Crippen molar-refractivity contribution in [3.8, 4) is 0 Å². The van der Waals surface area contributed by atoms with Gasteiger partial charge in [0.1, 0.15) is 5.82 Å². The molecule has 0 saturated carbocycles. The van der Waals surface area contributed by atoms with Gasteiger partial charge in [0.15, 0.2) is 0 Å². The average Bonchev–Trinajstić information content (AvgIpc) is 2.80. The predicted molar refractivity (Wildman–Crippen MR) is 76.2 cm³/mol. The van der Waals surface area contributed by atoms with Gasteiger partial charge in [-0.05, 0) is 34.9 Å². The molecule has 0 aliphatic carbocycles. The number of halogens is 2. The van der Waals surface area contributed by atoms with Crippen molar-refractivity contribution in [2.24, 2.45) is 5.73 Å². The molecule has 3 rings (SSSR count). The van der Waals surface area contributed by atoms with Crippen molar-refractivity contribution >= 4 is 23.2 Å². The van der Waals surface area contributed by atoms with Gasteiger partial charge in [-0.15, -0.1) is 0 Å². The number of rotatable bonds is 2. The van der Waals surface area contributed by atoms with E-state index in [1.165, 1.54) is 12.1 Å². The molecule has 20 heavy (non-hydrogen) atoms. The monoisotopic (exact) mass is 290 g/mol. The molecule has 1 unspecified atom stereocenters. The van der Waals surface area contributed by atoms with E-state index in [1.807, 2.05) is 18.2 Å². The Labute approximate surface area is 120 Å². The molecule has 0 fully saturated rings. The Kier molecular flexibility index (Phi) is 3.20. The van der Waals surface area contributed by atoms with Crippen LogP contribution in [-0.2, 0) is 11.2 Å². The van der Waals surface area contributed by atoms with E-state index in [0.29, 0.717) is 6.42 Å². The fraction of sp³-hybridized carbons (Fsp3) is 0.133. The summed E-state index contributed by atoms with van der Waals surface area (Å²) in [5, 5.41) is 2.82. The van der Waals surface area contributed by atoms with Crippen molar-refractivity contribution in [3.05, 3.63) is 63.9 Å². The highest BCUT2D eigenvalue weighted by atomic mass is 35.5. The Morgan fingerprint density at radius 1 is 1.20 bits per heavy atom. The first-order valence-electron chi connectivity index (χ1n) is 6.18. The summed E-state index contributed by atoms with van der Waals surface area (Å²) in [5.41, 5.74) is 9.52. The quantitative estimate of drug-likeness (QED) is 0.893. The molecule has 0 radical (unpaired) electrons. The maximum atomic E-state index is 13.2. The van der Waals surface area contributed by atoms with E-state index in [0.717, 1.165) is 22.4 Å². The van der Waals surface area contributed by atoms with Gasteiger partial charge in [0.05, 0.1) is 17.5 Å². The molecule has 0 bridgehead atoms. The van der Waals surface area contributed by atoms with Crippen molar-refractivity contribution in [3.63, 3.8) is 0 Å². The smallest absolute Gasteiger partial charge is 0.228 e. The van der Waals surface area contributed by atoms with Crippen molar-refractivity contribution in [1.82, 2.24) is 0 Å². The van der Waals surface area contributed by atoms with E-state index in [4.69, 9.17) is 17.3 Å². The molecule has 2 aromatic rings. The van der Waals surface area contributed by atoms with Crippen LogP contribution < -0.4 is 11.1 Å². The lowest BCUT2D eigenvalue weighted by atomic mass is 9.97. The summed E-state index contributed by atoms with van der Waals surface area (Å²) in [5.74, 6) is -0.484. The number of anilines is 1. The molecule has 1 heterocycles. The maximum absolute atomic E-state index is 13.2. The molecule has 0 spiro atoms. The molecule has 3 N–H and O–H groups in total. The van der Waals surface area contributed by atoms with Crippen LogP contribution in [0.25, 0.3) is 0 Å². The zero-order valence-corrected chi connectivity index (χ0v) is 11.2. The van der Waals surface area contributed by atoms with Gasteiger partial charge in [-0.1, -0.05) is 29.8 Å². The number of carbonyl (C=O) groups excluding carboxylic acids is 1. The second kappa shape index (κ2) is 4.89. The lowest BCUT2D eigenvalue weighted by molar-refractivity contribution is -0.115. The van der Waals surface area contributed by atoms with Crippen LogP contribution in [0.5, 0.6) is 0 Å². The van der Waals surface area contributed by atoms with Crippen molar-refractivity contribution in [2.45, 2.75) is 12.5 Å². The van der Waals surface area contributed by atoms with Gasteiger partial charge in [0.2, 0.25) is 5.91 Å². The molecule has 1 aliphatic heterocycles. The summed E-state index contributed by atoms with van der Waals surface area (Å²) in [7, 11) is 0. The Morgan fingerprint density at radius 3 is 2.65 bits per heavy atom. The fourth-order valence-corrected chi connectivity index (χ4v) is 2.53. The predicted octanol–water partition coefficient (Wildman–Crippen LogP) is 3.02. The molecular weight excluding hydrogens is 279 g/mol. The third-order valence-electron chi connectivity index (χ3n) is 3.42. The Hall–Kier alpha value is -1.91. The van der Waals surface area contributed by atoms with E-state index in [9.17, 15) is 9.18 Å². The summed E-state index contributed by atoms with van der Waals surface area (Å²) in [4.78, 5) is 11.3. The minimum atomic E-state index is -0.466.